The highest BCUT2D eigenvalue weighted by Gasteiger charge is 2.31. The van der Waals surface area contributed by atoms with Crippen LogP contribution in [0.15, 0.2) is 0 Å². The lowest BCUT2D eigenvalue weighted by Gasteiger charge is -2.25. The van der Waals surface area contributed by atoms with E-state index in [4.69, 9.17) is 5.73 Å². The number of nitrogen functional groups attached to an aromatic ring is 1. The first-order chi connectivity index (χ1) is 9.90. The molecule has 0 aromatic carbocycles. The zero-order valence-corrected chi connectivity index (χ0v) is 13.5. The molecule has 0 aliphatic heterocycles. The summed E-state index contributed by atoms with van der Waals surface area (Å²) in [5, 5.41) is 7.13. The van der Waals surface area contributed by atoms with Gasteiger partial charge < -0.3 is 15.5 Å². The summed E-state index contributed by atoms with van der Waals surface area (Å²) in [5.74, 6) is 0.824. The summed E-state index contributed by atoms with van der Waals surface area (Å²) >= 11 is 0. The molecule has 21 heavy (non-hydrogen) atoms. The number of nitrogens with two attached hydrogens (primary N) is 1. The van der Waals surface area contributed by atoms with Crippen molar-refractivity contribution >= 4 is 11.6 Å². The smallest absolute Gasteiger partial charge is 0.276 e. The highest BCUT2D eigenvalue weighted by molar-refractivity contribution is 5.97. The Morgan fingerprint density at radius 2 is 2.05 bits per heavy atom. The third-order valence-electron chi connectivity index (χ3n) is 3.71. The molecule has 1 aromatic rings. The van der Waals surface area contributed by atoms with Gasteiger partial charge in [-0.3, -0.25) is 9.89 Å². The Kier molecular flexibility index (Phi) is 4.88. The SMILES string of the molecule is CC(C)CN(CCN(C)C)C(=O)c1n[nH]c(C2CC2)c1N. The summed E-state index contributed by atoms with van der Waals surface area (Å²) in [6.07, 6.45) is 2.27. The number of nitrogens with zero attached hydrogens (tertiary/aromatic N) is 3. The maximum Gasteiger partial charge on any atom is 0.276 e. The van der Waals surface area contributed by atoms with Crippen molar-refractivity contribution in [3.8, 4) is 0 Å². The van der Waals surface area contributed by atoms with Crippen molar-refractivity contribution in [3.63, 3.8) is 0 Å². The van der Waals surface area contributed by atoms with Gasteiger partial charge in [-0.25, -0.2) is 0 Å². The summed E-state index contributed by atoms with van der Waals surface area (Å²) in [4.78, 5) is 16.6. The molecular formula is C15H27N5O. The molecule has 0 radical (unpaired) electrons. The molecule has 6 heteroatoms. The third-order valence-corrected chi connectivity index (χ3v) is 3.71. The zero-order valence-electron chi connectivity index (χ0n) is 13.5. The average molecular weight is 293 g/mol. The Hall–Kier alpha value is -1.56. The number of amides is 1. The van der Waals surface area contributed by atoms with E-state index in [1.807, 2.05) is 19.0 Å². The van der Waals surface area contributed by atoms with Crippen LogP contribution in [-0.4, -0.2) is 59.6 Å². The number of aromatic nitrogens is 2. The van der Waals surface area contributed by atoms with Crippen molar-refractivity contribution in [1.29, 1.82) is 0 Å². The van der Waals surface area contributed by atoms with Crippen molar-refractivity contribution in [1.82, 2.24) is 20.0 Å². The first kappa shape index (κ1) is 15.8. The van der Waals surface area contributed by atoms with E-state index in [0.717, 1.165) is 31.6 Å². The van der Waals surface area contributed by atoms with Crippen LogP contribution in [0.2, 0.25) is 0 Å². The fourth-order valence-electron chi connectivity index (χ4n) is 2.40. The molecule has 118 valence electrons. The standard InChI is InChI=1S/C15H27N5O/c1-10(2)9-20(8-7-19(3)4)15(21)14-12(16)13(17-18-14)11-5-6-11/h10-11H,5-9,16H2,1-4H3,(H,17,18). The predicted molar refractivity (Wildman–Crippen MR) is 84.3 cm³/mol. The highest BCUT2D eigenvalue weighted by atomic mass is 16.2. The molecule has 0 unspecified atom stereocenters. The van der Waals surface area contributed by atoms with Crippen molar-refractivity contribution < 1.29 is 4.79 Å². The van der Waals surface area contributed by atoms with Gasteiger partial charge in [-0.05, 0) is 32.9 Å². The van der Waals surface area contributed by atoms with Gasteiger partial charge in [0.1, 0.15) is 0 Å². The Bertz CT molecular complexity index is 490. The molecule has 1 aliphatic carbocycles. The summed E-state index contributed by atoms with van der Waals surface area (Å²) in [5.41, 5.74) is 7.99. The maximum absolute atomic E-state index is 12.7. The third kappa shape index (κ3) is 3.97. The second kappa shape index (κ2) is 6.47. The fourth-order valence-corrected chi connectivity index (χ4v) is 2.40. The van der Waals surface area contributed by atoms with Crippen molar-refractivity contribution in [2.75, 3.05) is 39.5 Å². The lowest BCUT2D eigenvalue weighted by Crippen LogP contribution is -2.39. The number of nitrogens with one attached hydrogen (secondary N) is 1. The minimum Gasteiger partial charge on any atom is -0.395 e. The molecule has 1 amide bonds. The summed E-state index contributed by atoms with van der Waals surface area (Å²) in [7, 11) is 4.01. The van der Waals surface area contributed by atoms with E-state index in [2.05, 4.69) is 28.9 Å². The maximum atomic E-state index is 12.7. The van der Waals surface area contributed by atoms with E-state index in [1.54, 1.807) is 0 Å². The van der Waals surface area contributed by atoms with Gasteiger partial charge in [0.05, 0.1) is 11.4 Å². The molecule has 1 aliphatic rings. The molecule has 1 saturated carbocycles. The molecule has 0 bridgehead atoms. The van der Waals surface area contributed by atoms with Crippen molar-refractivity contribution in [3.05, 3.63) is 11.4 Å². The number of hydrogen-bond acceptors (Lipinski definition) is 4. The van der Waals surface area contributed by atoms with Gasteiger partial charge in [-0.1, -0.05) is 13.8 Å². The Morgan fingerprint density at radius 3 is 2.57 bits per heavy atom. The summed E-state index contributed by atoms with van der Waals surface area (Å²) in [6.45, 7) is 6.46. The number of anilines is 1. The quantitative estimate of drug-likeness (QED) is 0.799. The normalized spacial score (nSPS) is 15.0. The number of hydrogen-bond donors (Lipinski definition) is 2. The molecule has 1 heterocycles. The van der Waals surface area contributed by atoms with Crippen molar-refractivity contribution in [2.24, 2.45) is 5.92 Å². The summed E-state index contributed by atoms with van der Waals surface area (Å²) in [6, 6.07) is 0. The first-order valence-corrected chi connectivity index (χ1v) is 7.67. The minimum absolute atomic E-state index is 0.0637. The molecule has 0 saturated heterocycles. The van der Waals surface area contributed by atoms with Crippen LogP contribution in [0.25, 0.3) is 0 Å². The Balaban J connectivity index is 2.12. The van der Waals surface area contributed by atoms with Gasteiger partial charge in [0.2, 0.25) is 0 Å². The lowest BCUT2D eigenvalue weighted by atomic mass is 10.1. The molecule has 0 atom stereocenters. The van der Waals surface area contributed by atoms with Crippen LogP contribution < -0.4 is 5.73 Å². The van der Waals surface area contributed by atoms with E-state index >= 15 is 0 Å². The largest absolute Gasteiger partial charge is 0.395 e. The predicted octanol–water partition coefficient (Wildman–Crippen LogP) is 1.53. The molecule has 1 aromatic heterocycles. The van der Waals surface area contributed by atoms with E-state index in [9.17, 15) is 4.79 Å². The Morgan fingerprint density at radius 1 is 1.38 bits per heavy atom. The molecule has 0 spiro atoms. The lowest BCUT2D eigenvalue weighted by molar-refractivity contribution is 0.0720. The molecule has 1 fully saturated rings. The fraction of sp³-hybridized carbons (Fsp3) is 0.733. The topological polar surface area (TPSA) is 78.2 Å². The molecular weight excluding hydrogens is 266 g/mol. The van der Waals surface area contributed by atoms with Gasteiger partial charge >= 0.3 is 0 Å². The second-order valence-electron chi connectivity index (χ2n) is 6.62. The molecule has 2 rings (SSSR count). The van der Waals surface area contributed by atoms with E-state index in [0.29, 0.717) is 29.8 Å². The van der Waals surface area contributed by atoms with E-state index < -0.39 is 0 Å². The van der Waals surface area contributed by atoms with Crippen LogP contribution in [0.3, 0.4) is 0 Å². The van der Waals surface area contributed by atoms with Gasteiger partial charge in [0, 0.05) is 25.6 Å². The van der Waals surface area contributed by atoms with Crippen LogP contribution >= 0.6 is 0 Å². The van der Waals surface area contributed by atoms with Gasteiger partial charge in [-0.15, -0.1) is 0 Å². The number of H-pyrrole nitrogens is 1. The number of rotatable bonds is 7. The second-order valence-corrected chi connectivity index (χ2v) is 6.62. The van der Waals surface area contributed by atoms with Gasteiger partial charge in [-0.2, -0.15) is 5.10 Å². The number of likely N-dealkylation sites (N-methyl/N-ethyl adjacent to an activating group) is 1. The first-order valence-electron chi connectivity index (χ1n) is 7.67. The number of carbonyl (C=O) groups excluding carboxylic acids is 1. The van der Waals surface area contributed by atoms with Crippen LogP contribution in [-0.2, 0) is 0 Å². The molecule has 6 nitrogen and oxygen atoms in total. The van der Waals surface area contributed by atoms with Crippen LogP contribution in [0.1, 0.15) is 48.8 Å². The van der Waals surface area contributed by atoms with Crippen LogP contribution in [0, 0.1) is 5.92 Å². The van der Waals surface area contributed by atoms with E-state index in [1.165, 1.54) is 0 Å². The highest BCUT2D eigenvalue weighted by Crippen LogP contribution is 2.42. The average Bonchev–Trinajstić information content (AvgIpc) is 3.16. The number of aromatic amines is 1. The zero-order chi connectivity index (χ0) is 15.6. The number of carbonyl (C=O) groups is 1. The van der Waals surface area contributed by atoms with Gasteiger partial charge in [0.25, 0.3) is 5.91 Å². The summed E-state index contributed by atoms with van der Waals surface area (Å²) < 4.78 is 0. The monoisotopic (exact) mass is 293 g/mol. The van der Waals surface area contributed by atoms with Crippen LogP contribution in [0.5, 0.6) is 0 Å². The van der Waals surface area contributed by atoms with Gasteiger partial charge in [0.15, 0.2) is 5.69 Å². The molecule has 3 N–H and O–H groups in total. The Labute approximate surface area is 126 Å². The van der Waals surface area contributed by atoms with E-state index in [-0.39, 0.29) is 5.91 Å². The van der Waals surface area contributed by atoms with Crippen LogP contribution in [0.4, 0.5) is 5.69 Å². The van der Waals surface area contributed by atoms with Crippen molar-refractivity contribution in [2.45, 2.75) is 32.6 Å². The minimum atomic E-state index is -0.0637.